The molecule has 1 aromatic carbocycles. The van der Waals surface area contributed by atoms with Crippen LogP contribution in [0.3, 0.4) is 0 Å². The summed E-state index contributed by atoms with van der Waals surface area (Å²) in [6.07, 6.45) is -0.410. The Bertz CT molecular complexity index is 438. The Morgan fingerprint density at radius 3 is 2.00 bits per heavy atom. The van der Waals surface area contributed by atoms with Crippen LogP contribution in [0.4, 0.5) is 4.79 Å². The Hall–Kier alpha value is -1.71. The van der Waals surface area contributed by atoms with E-state index in [1.807, 2.05) is 65.8 Å². The fourth-order valence-electron chi connectivity index (χ4n) is 1.52. The van der Waals surface area contributed by atoms with Gasteiger partial charge in [-0.1, -0.05) is 12.1 Å². The minimum absolute atomic E-state index is 0.212. The molecule has 0 saturated carbocycles. The van der Waals surface area contributed by atoms with Gasteiger partial charge in [-0.05, 0) is 59.2 Å². The molecule has 0 radical (unpaired) electrons. The molecule has 4 nitrogen and oxygen atoms in total. The van der Waals surface area contributed by atoms with Crippen LogP contribution in [0.15, 0.2) is 24.3 Å². The number of benzene rings is 1. The molecule has 1 rings (SSSR count). The average molecular weight is 279 g/mol. The van der Waals surface area contributed by atoms with E-state index in [0.717, 1.165) is 11.3 Å². The smallest absolute Gasteiger partial charge is 0.407 e. The number of carbonyl (C=O) groups is 1. The van der Waals surface area contributed by atoms with Crippen molar-refractivity contribution in [1.29, 1.82) is 0 Å². The van der Waals surface area contributed by atoms with Crippen LogP contribution in [0.2, 0.25) is 0 Å². The number of hydrogen-bond acceptors (Lipinski definition) is 3. The lowest BCUT2D eigenvalue weighted by molar-refractivity contribution is 0.0523. The molecule has 0 aliphatic heterocycles. The number of rotatable bonds is 3. The molecule has 1 N–H and O–H groups in total. The predicted octanol–water partition coefficient (Wildman–Crippen LogP) is 3.89. The van der Waals surface area contributed by atoms with Gasteiger partial charge in [0, 0.05) is 6.54 Å². The van der Waals surface area contributed by atoms with Crippen LogP contribution >= 0.6 is 0 Å². The average Bonchev–Trinajstić information content (AvgIpc) is 2.23. The maximum absolute atomic E-state index is 11.5. The Morgan fingerprint density at radius 1 is 1.00 bits per heavy atom. The van der Waals surface area contributed by atoms with E-state index in [1.54, 1.807) is 0 Å². The van der Waals surface area contributed by atoms with Crippen LogP contribution in [-0.4, -0.2) is 17.3 Å². The molecule has 112 valence electrons. The van der Waals surface area contributed by atoms with Gasteiger partial charge in [-0.3, -0.25) is 0 Å². The molecule has 0 heterocycles. The lowest BCUT2D eigenvalue weighted by Gasteiger charge is -2.21. The van der Waals surface area contributed by atoms with Crippen molar-refractivity contribution in [2.45, 2.75) is 59.3 Å². The Morgan fingerprint density at radius 2 is 1.55 bits per heavy atom. The van der Waals surface area contributed by atoms with Crippen LogP contribution in [-0.2, 0) is 11.3 Å². The van der Waals surface area contributed by atoms with Gasteiger partial charge < -0.3 is 14.8 Å². The third kappa shape index (κ3) is 7.02. The molecule has 0 aromatic heterocycles. The number of ether oxygens (including phenoxy) is 2. The maximum atomic E-state index is 11.5. The van der Waals surface area contributed by atoms with E-state index in [1.165, 1.54) is 0 Å². The number of hydrogen-bond donors (Lipinski definition) is 1. The summed E-state index contributed by atoms with van der Waals surface area (Å²) < 4.78 is 10.9. The van der Waals surface area contributed by atoms with E-state index >= 15 is 0 Å². The van der Waals surface area contributed by atoms with E-state index in [9.17, 15) is 4.79 Å². The van der Waals surface area contributed by atoms with Crippen molar-refractivity contribution in [2.75, 3.05) is 0 Å². The van der Waals surface area contributed by atoms with Crippen molar-refractivity contribution in [3.8, 4) is 5.75 Å². The Labute approximate surface area is 121 Å². The zero-order chi connectivity index (χ0) is 15.4. The van der Waals surface area contributed by atoms with Crippen LogP contribution < -0.4 is 10.1 Å². The number of amides is 1. The first-order chi connectivity index (χ1) is 9.05. The third-order valence-electron chi connectivity index (χ3n) is 2.18. The molecule has 0 aliphatic rings. The normalized spacial score (nSPS) is 11.9. The van der Waals surface area contributed by atoms with Gasteiger partial charge in [0.25, 0.3) is 0 Å². The van der Waals surface area contributed by atoms with E-state index < -0.39 is 11.7 Å². The van der Waals surface area contributed by atoms with Crippen molar-refractivity contribution in [3.05, 3.63) is 29.8 Å². The standard InChI is InChI=1S/C16H25NO3/c1-15(2,3)19-13-9-7-12(8-10-13)11-17-14(18)20-16(4,5)6/h7-10H,11H2,1-6H3,(H,17,18). The maximum Gasteiger partial charge on any atom is 0.407 e. The van der Waals surface area contributed by atoms with Crippen LogP contribution in [0, 0.1) is 0 Å². The molecule has 0 fully saturated rings. The highest BCUT2D eigenvalue weighted by Crippen LogP contribution is 2.18. The highest BCUT2D eigenvalue weighted by Gasteiger charge is 2.15. The van der Waals surface area contributed by atoms with Crippen molar-refractivity contribution in [2.24, 2.45) is 0 Å². The monoisotopic (exact) mass is 279 g/mol. The van der Waals surface area contributed by atoms with E-state index in [-0.39, 0.29) is 5.60 Å². The van der Waals surface area contributed by atoms with Gasteiger partial charge >= 0.3 is 6.09 Å². The second-order valence-corrected chi connectivity index (χ2v) is 6.71. The van der Waals surface area contributed by atoms with Gasteiger partial charge in [-0.15, -0.1) is 0 Å². The minimum atomic E-state index is -0.478. The van der Waals surface area contributed by atoms with E-state index in [4.69, 9.17) is 9.47 Å². The Balaban J connectivity index is 2.48. The quantitative estimate of drug-likeness (QED) is 0.913. The largest absolute Gasteiger partial charge is 0.488 e. The summed E-state index contributed by atoms with van der Waals surface area (Å²) in [4.78, 5) is 11.5. The molecule has 1 amide bonds. The highest BCUT2D eigenvalue weighted by molar-refractivity contribution is 5.67. The number of carbonyl (C=O) groups excluding carboxylic acids is 1. The van der Waals surface area contributed by atoms with Gasteiger partial charge in [-0.25, -0.2) is 4.79 Å². The molecule has 4 heteroatoms. The Kier molecular flexibility index (Phi) is 5.03. The highest BCUT2D eigenvalue weighted by atomic mass is 16.6. The van der Waals surface area contributed by atoms with Gasteiger partial charge in [-0.2, -0.15) is 0 Å². The lowest BCUT2D eigenvalue weighted by atomic mass is 10.1. The first-order valence-corrected chi connectivity index (χ1v) is 6.80. The minimum Gasteiger partial charge on any atom is -0.488 e. The molecule has 0 spiro atoms. The lowest BCUT2D eigenvalue weighted by Crippen LogP contribution is -2.32. The zero-order valence-electron chi connectivity index (χ0n) is 13.2. The van der Waals surface area contributed by atoms with Crippen LogP contribution in [0.5, 0.6) is 5.75 Å². The predicted molar refractivity (Wildman–Crippen MR) is 79.9 cm³/mol. The molecule has 20 heavy (non-hydrogen) atoms. The summed E-state index contributed by atoms with van der Waals surface area (Å²) in [7, 11) is 0. The first-order valence-electron chi connectivity index (χ1n) is 6.80. The number of nitrogens with one attached hydrogen (secondary N) is 1. The van der Waals surface area contributed by atoms with E-state index in [2.05, 4.69) is 5.32 Å². The van der Waals surface area contributed by atoms with Crippen molar-refractivity contribution < 1.29 is 14.3 Å². The van der Waals surface area contributed by atoms with Gasteiger partial charge in [0.05, 0.1) is 0 Å². The van der Waals surface area contributed by atoms with E-state index in [0.29, 0.717) is 6.54 Å². The summed E-state index contributed by atoms with van der Waals surface area (Å²) >= 11 is 0. The van der Waals surface area contributed by atoms with Gasteiger partial charge in [0.15, 0.2) is 0 Å². The second-order valence-electron chi connectivity index (χ2n) is 6.71. The summed E-state index contributed by atoms with van der Waals surface area (Å²) in [6.45, 7) is 12.0. The second kappa shape index (κ2) is 6.16. The molecule has 0 unspecified atom stereocenters. The SMILES string of the molecule is CC(C)(C)OC(=O)NCc1ccc(OC(C)(C)C)cc1. The molecular weight excluding hydrogens is 254 g/mol. The summed E-state index contributed by atoms with van der Waals surface area (Å²) in [6, 6.07) is 7.66. The molecule has 0 bridgehead atoms. The zero-order valence-corrected chi connectivity index (χ0v) is 13.2. The molecule has 1 aromatic rings. The van der Waals surface area contributed by atoms with Gasteiger partial charge in [0.1, 0.15) is 17.0 Å². The van der Waals surface area contributed by atoms with Crippen molar-refractivity contribution in [1.82, 2.24) is 5.32 Å². The summed E-state index contributed by atoms with van der Waals surface area (Å²) in [5, 5.41) is 2.72. The molecule has 0 aliphatic carbocycles. The van der Waals surface area contributed by atoms with Crippen molar-refractivity contribution >= 4 is 6.09 Å². The summed E-state index contributed by atoms with van der Waals surface area (Å²) in [5.41, 5.74) is 0.308. The van der Waals surface area contributed by atoms with Crippen molar-refractivity contribution in [3.63, 3.8) is 0 Å². The van der Waals surface area contributed by atoms with Crippen LogP contribution in [0.1, 0.15) is 47.1 Å². The molecule has 0 atom stereocenters. The fraction of sp³-hybridized carbons (Fsp3) is 0.562. The first kappa shape index (κ1) is 16.3. The third-order valence-corrected chi connectivity index (χ3v) is 2.18. The number of alkyl carbamates (subject to hydrolysis) is 1. The summed E-state index contributed by atoms with van der Waals surface area (Å²) in [5.74, 6) is 0.818. The van der Waals surface area contributed by atoms with Crippen LogP contribution in [0.25, 0.3) is 0 Å². The topological polar surface area (TPSA) is 47.6 Å². The molecule has 0 saturated heterocycles. The fourth-order valence-corrected chi connectivity index (χ4v) is 1.52. The molecular formula is C16H25NO3. The van der Waals surface area contributed by atoms with Gasteiger partial charge in [0.2, 0.25) is 0 Å².